The lowest BCUT2D eigenvalue weighted by atomic mass is 10.1. The number of hydrogen-bond donors (Lipinski definition) is 1. The van der Waals surface area contributed by atoms with E-state index in [1.807, 2.05) is 18.2 Å². The summed E-state index contributed by atoms with van der Waals surface area (Å²) in [5.41, 5.74) is 3.30. The van der Waals surface area contributed by atoms with Gasteiger partial charge in [0.15, 0.2) is 9.84 Å². The quantitative estimate of drug-likeness (QED) is 0.836. The van der Waals surface area contributed by atoms with Gasteiger partial charge in [-0.25, -0.2) is 8.42 Å². The zero-order chi connectivity index (χ0) is 20.5. The lowest BCUT2D eigenvalue weighted by Gasteiger charge is -2.16. The van der Waals surface area contributed by atoms with Crippen LogP contribution < -0.4 is 10.2 Å². The summed E-state index contributed by atoms with van der Waals surface area (Å²) < 4.78 is 24.3. The van der Waals surface area contributed by atoms with Crippen molar-refractivity contribution in [3.05, 3.63) is 53.6 Å². The van der Waals surface area contributed by atoms with Crippen molar-refractivity contribution < 1.29 is 18.0 Å². The maximum Gasteiger partial charge on any atom is 0.228 e. The minimum atomic E-state index is -3.32. The molecule has 6 nitrogen and oxygen atoms in total. The third kappa shape index (κ3) is 4.09. The van der Waals surface area contributed by atoms with Gasteiger partial charge in [-0.05, 0) is 55.7 Å². The molecule has 3 rings (SSSR count). The van der Waals surface area contributed by atoms with Crippen molar-refractivity contribution in [2.75, 3.05) is 16.8 Å². The Balaban J connectivity index is 1.68. The molecule has 2 amide bonds. The molecule has 0 spiro atoms. The predicted octanol–water partition coefficient (Wildman–Crippen LogP) is 2.96. The monoisotopic (exact) mass is 400 g/mol. The Hall–Kier alpha value is -2.67. The molecule has 0 unspecified atom stereocenters. The summed E-state index contributed by atoms with van der Waals surface area (Å²) >= 11 is 0. The first kappa shape index (κ1) is 20.1. The molecule has 28 heavy (non-hydrogen) atoms. The summed E-state index contributed by atoms with van der Waals surface area (Å²) in [6.45, 7) is 5.47. The SMILES string of the molecule is CC(=O)N1CCc2ccc(NC(=O)Cc3ccc(S(=O)(=O)C(C)C)cc3)cc21. The molecule has 0 bridgehead atoms. The highest BCUT2D eigenvalue weighted by Crippen LogP contribution is 2.31. The van der Waals surface area contributed by atoms with Gasteiger partial charge in [-0.3, -0.25) is 9.59 Å². The van der Waals surface area contributed by atoms with Gasteiger partial charge in [0.2, 0.25) is 11.8 Å². The summed E-state index contributed by atoms with van der Waals surface area (Å²) in [7, 11) is -3.32. The smallest absolute Gasteiger partial charge is 0.228 e. The van der Waals surface area contributed by atoms with Crippen LogP contribution in [0.3, 0.4) is 0 Å². The van der Waals surface area contributed by atoms with E-state index in [0.717, 1.165) is 23.2 Å². The van der Waals surface area contributed by atoms with Crippen LogP contribution in [-0.2, 0) is 32.3 Å². The average molecular weight is 401 g/mol. The Bertz CT molecular complexity index is 1010. The molecule has 1 N–H and O–H groups in total. The average Bonchev–Trinajstić information content (AvgIpc) is 3.05. The van der Waals surface area contributed by atoms with E-state index < -0.39 is 15.1 Å². The van der Waals surface area contributed by atoms with Gasteiger partial charge in [0, 0.05) is 24.8 Å². The van der Waals surface area contributed by atoms with Crippen molar-refractivity contribution in [1.82, 2.24) is 0 Å². The molecular weight excluding hydrogens is 376 g/mol. The van der Waals surface area contributed by atoms with Crippen molar-refractivity contribution in [2.45, 2.75) is 43.8 Å². The van der Waals surface area contributed by atoms with Crippen molar-refractivity contribution in [1.29, 1.82) is 0 Å². The second-order valence-corrected chi connectivity index (χ2v) is 9.73. The first-order valence-corrected chi connectivity index (χ1v) is 10.8. The molecule has 0 atom stereocenters. The van der Waals surface area contributed by atoms with E-state index in [2.05, 4.69) is 5.32 Å². The Morgan fingerprint density at radius 1 is 1.11 bits per heavy atom. The zero-order valence-corrected chi connectivity index (χ0v) is 17.0. The van der Waals surface area contributed by atoms with Gasteiger partial charge in [0.25, 0.3) is 0 Å². The van der Waals surface area contributed by atoms with Gasteiger partial charge < -0.3 is 10.2 Å². The summed E-state index contributed by atoms with van der Waals surface area (Å²) in [6.07, 6.45) is 0.949. The number of benzene rings is 2. The number of anilines is 2. The summed E-state index contributed by atoms with van der Waals surface area (Å²) in [5.74, 6) is -0.217. The maximum atomic E-state index is 12.4. The first-order valence-electron chi connectivity index (χ1n) is 9.22. The van der Waals surface area contributed by atoms with Crippen LogP contribution in [0.15, 0.2) is 47.4 Å². The van der Waals surface area contributed by atoms with Crippen molar-refractivity contribution in [3.8, 4) is 0 Å². The number of carbonyl (C=O) groups is 2. The van der Waals surface area contributed by atoms with E-state index in [1.165, 1.54) is 19.1 Å². The summed E-state index contributed by atoms with van der Waals surface area (Å²) in [4.78, 5) is 26.1. The second-order valence-electron chi connectivity index (χ2n) is 7.23. The third-order valence-electron chi connectivity index (χ3n) is 4.88. The highest BCUT2D eigenvalue weighted by Gasteiger charge is 2.22. The Morgan fingerprint density at radius 3 is 2.39 bits per heavy atom. The van der Waals surface area contributed by atoms with Gasteiger partial charge >= 0.3 is 0 Å². The highest BCUT2D eigenvalue weighted by atomic mass is 32.2. The van der Waals surface area contributed by atoms with Crippen LogP contribution in [-0.4, -0.2) is 32.0 Å². The van der Waals surface area contributed by atoms with Gasteiger partial charge in [0.1, 0.15) is 0 Å². The minimum absolute atomic E-state index is 0.0151. The fourth-order valence-electron chi connectivity index (χ4n) is 3.24. The van der Waals surface area contributed by atoms with Crippen molar-refractivity contribution >= 4 is 33.0 Å². The summed E-state index contributed by atoms with van der Waals surface area (Å²) in [6, 6.07) is 12.0. The molecule has 0 fully saturated rings. The lowest BCUT2D eigenvalue weighted by Crippen LogP contribution is -2.25. The fourth-order valence-corrected chi connectivity index (χ4v) is 4.30. The Kier molecular flexibility index (Phi) is 5.56. The molecule has 1 heterocycles. The number of sulfone groups is 1. The first-order chi connectivity index (χ1) is 13.2. The Labute approximate surface area is 165 Å². The third-order valence-corrected chi connectivity index (χ3v) is 7.05. The van der Waals surface area contributed by atoms with E-state index in [-0.39, 0.29) is 23.1 Å². The largest absolute Gasteiger partial charge is 0.326 e. The molecule has 0 aliphatic carbocycles. The van der Waals surface area contributed by atoms with Crippen LogP contribution in [0.5, 0.6) is 0 Å². The molecule has 148 valence electrons. The molecule has 2 aromatic carbocycles. The molecule has 1 aliphatic rings. The van der Waals surface area contributed by atoms with Crippen LogP contribution in [0.4, 0.5) is 11.4 Å². The molecule has 7 heteroatoms. The molecule has 1 aliphatic heterocycles. The Morgan fingerprint density at radius 2 is 1.79 bits per heavy atom. The number of nitrogens with zero attached hydrogens (tertiary/aromatic N) is 1. The lowest BCUT2D eigenvalue weighted by molar-refractivity contribution is -0.116. The van der Waals surface area contributed by atoms with E-state index >= 15 is 0 Å². The summed E-state index contributed by atoms with van der Waals surface area (Å²) in [5, 5.41) is 2.36. The predicted molar refractivity (Wildman–Crippen MR) is 109 cm³/mol. The standard InChI is InChI=1S/C21H24N2O4S/c1-14(2)28(26,27)19-8-4-16(5-9-19)12-21(25)22-18-7-6-17-10-11-23(15(3)24)20(17)13-18/h4-9,13-14H,10-12H2,1-3H3,(H,22,25). The van der Waals surface area contributed by atoms with Gasteiger partial charge in [-0.2, -0.15) is 0 Å². The van der Waals surface area contributed by atoms with Crippen molar-refractivity contribution in [2.24, 2.45) is 0 Å². The number of hydrogen-bond acceptors (Lipinski definition) is 4. The van der Waals surface area contributed by atoms with E-state index in [4.69, 9.17) is 0 Å². The topological polar surface area (TPSA) is 83.6 Å². The second kappa shape index (κ2) is 7.75. The highest BCUT2D eigenvalue weighted by molar-refractivity contribution is 7.92. The van der Waals surface area contributed by atoms with Crippen LogP contribution >= 0.6 is 0 Å². The van der Waals surface area contributed by atoms with Crippen LogP contribution in [0, 0.1) is 0 Å². The van der Waals surface area contributed by atoms with E-state index in [1.54, 1.807) is 30.9 Å². The molecular formula is C21H24N2O4S. The number of rotatable bonds is 5. The fraction of sp³-hybridized carbons (Fsp3) is 0.333. The van der Waals surface area contributed by atoms with E-state index in [0.29, 0.717) is 12.2 Å². The number of carbonyl (C=O) groups excluding carboxylic acids is 2. The molecule has 0 saturated heterocycles. The van der Waals surface area contributed by atoms with Crippen LogP contribution in [0.2, 0.25) is 0 Å². The molecule has 0 saturated carbocycles. The normalized spacial score (nSPS) is 13.5. The number of nitrogens with one attached hydrogen (secondary N) is 1. The molecule has 2 aromatic rings. The molecule has 0 radical (unpaired) electrons. The zero-order valence-electron chi connectivity index (χ0n) is 16.2. The minimum Gasteiger partial charge on any atom is -0.326 e. The molecule has 0 aromatic heterocycles. The number of amides is 2. The van der Waals surface area contributed by atoms with Crippen molar-refractivity contribution in [3.63, 3.8) is 0 Å². The van der Waals surface area contributed by atoms with Gasteiger partial charge in [-0.15, -0.1) is 0 Å². The van der Waals surface area contributed by atoms with Crippen LogP contribution in [0.1, 0.15) is 31.9 Å². The van der Waals surface area contributed by atoms with Crippen LogP contribution in [0.25, 0.3) is 0 Å². The van der Waals surface area contributed by atoms with E-state index in [9.17, 15) is 18.0 Å². The van der Waals surface area contributed by atoms with Gasteiger partial charge in [-0.1, -0.05) is 18.2 Å². The maximum absolute atomic E-state index is 12.4. The van der Waals surface area contributed by atoms with Gasteiger partial charge in [0.05, 0.1) is 16.6 Å². The number of fused-ring (bicyclic) bond motifs is 1.